The minimum atomic E-state index is -6.14. The van der Waals surface area contributed by atoms with Crippen LogP contribution < -0.4 is 9.62 Å². The van der Waals surface area contributed by atoms with E-state index in [1.165, 1.54) is 0 Å². The molecule has 3 rings (SSSR count). The first kappa shape index (κ1) is 7.87. The monoisotopic (exact) mass is 515 g/mol. The lowest BCUT2D eigenvalue weighted by Crippen LogP contribution is -2.38. The number of anilines is 2. The number of carboxylic acid groups (broad SMARTS) is 1. The number of nitrogens with zero attached hydrogens (tertiary/aromatic N) is 2. The predicted octanol–water partition coefficient (Wildman–Crippen LogP) is 3.59. The third-order valence-corrected chi connectivity index (χ3v) is 4.93. The van der Waals surface area contributed by atoms with Crippen molar-refractivity contribution in [2.24, 2.45) is 0 Å². The van der Waals surface area contributed by atoms with Crippen LogP contribution in [0, 0.1) is 0 Å². The van der Waals surface area contributed by atoms with Crippen LogP contribution in [0.2, 0.25) is 1.41 Å². The number of ether oxygens (including phenoxy) is 1. The summed E-state index contributed by atoms with van der Waals surface area (Å²) >= 11 is 0. The number of sulfonamides is 1. The van der Waals surface area contributed by atoms with Crippen molar-refractivity contribution in [2.75, 3.05) is 36.6 Å². The molecule has 0 spiro atoms. The summed E-state index contributed by atoms with van der Waals surface area (Å²) in [6, 6.07) is -9.57. The van der Waals surface area contributed by atoms with Gasteiger partial charge in [-0.15, -0.1) is 0 Å². The minimum absolute atomic E-state index is 0.281. The number of aromatic carboxylic acids is 1. The highest BCUT2D eigenvalue weighted by Crippen LogP contribution is 2.32. The van der Waals surface area contributed by atoms with Crippen molar-refractivity contribution in [3.8, 4) is 0 Å². The maximum absolute atomic E-state index is 14.1. The molecule has 2 aromatic rings. The smallest absolute Gasteiger partial charge is 0.410 e. The molecule has 34 heavy (non-hydrogen) atoms. The molecule has 0 saturated carbocycles. The minimum Gasteiger partial charge on any atom is -0.478 e. The first-order chi connectivity index (χ1) is 26.8. The number of carbonyl (C=O) groups is 2. The number of nitrogens with one attached hydrogen (secondary N) is 1. The summed E-state index contributed by atoms with van der Waals surface area (Å²) in [5.74, 6) is -1.81. The van der Waals surface area contributed by atoms with Gasteiger partial charge in [-0.25, -0.2) is 18.0 Å². The first-order valence-electron chi connectivity index (χ1n) is 22.0. The third kappa shape index (κ3) is 5.99. The van der Waals surface area contributed by atoms with E-state index in [0.717, 1.165) is 0 Å². The van der Waals surface area contributed by atoms with Crippen molar-refractivity contribution in [3.63, 3.8) is 0 Å². The van der Waals surface area contributed by atoms with Gasteiger partial charge in [-0.05, 0) is 80.8 Å². The molecule has 0 aromatic heterocycles. The van der Waals surface area contributed by atoms with Gasteiger partial charge in [0.25, 0.3) is 11.5 Å². The second-order valence-corrected chi connectivity index (χ2v) is 7.85. The highest BCUT2D eigenvalue weighted by atomic mass is 32.2. The molecule has 1 heterocycles. The van der Waals surface area contributed by atoms with Gasteiger partial charge in [0.05, 0.1) is 30.1 Å². The van der Waals surface area contributed by atoms with Crippen molar-refractivity contribution in [1.82, 2.24) is 4.90 Å². The first-order valence-corrected chi connectivity index (χ1v) is 10.1. The summed E-state index contributed by atoms with van der Waals surface area (Å²) in [7, 11) is -6.14. The standard InChI is InChI=1S/C24H31N3O6S/c1-24(2,3)33-23(30)27-12-10-17-14-20(21(26(4)5)15-18(17)11-13-27)25-34(31,32)19-8-6-16(7-9-19)22(28)29/h6-9,14-15,25H,10-13H2,1-5H3,(H,28,29)/i1D2,2D3,3D3,4D3,5D3,6D,7D,8D,9D,10D,11D,12D,13D,14D,15D/hD2. The molecule has 0 bridgehead atoms. The lowest BCUT2D eigenvalue weighted by atomic mass is 10.0. The number of hydrogen-bond donors (Lipinski definition) is 2. The molecule has 184 valence electrons. The zero-order valence-electron chi connectivity index (χ0n) is 42.6. The zero-order valence-corrected chi connectivity index (χ0v) is 17.4. The fourth-order valence-corrected chi connectivity index (χ4v) is 3.19. The Morgan fingerprint density at radius 2 is 1.91 bits per heavy atom. The van der Waals surface area contributed by atoms with Gasteiger partial charge < -0.3 is 19.6 Å². The average molecular weight is 516 g/mol. The van der Waals surface area contributed by atoms with Crippen LogP contribution in [0.15, 0.2) is 41.1 Å². The largest absolute Gasteiger partial charge is 0.478 e. The Balaban J connectivity index is 2.56. The number of fused-ring (bicyclic) bond motifs is 1. The number of carboxylic acids is 1. The molecule has 0 aliphatic carbocycles. The molecule has 0 radical (unpaired) electrons. The number of benzene rings is 2. The summed E-state index contributed by atoms with van der Waals surface area (Å²) in [5, 5.41) is 3.66. The molecule has 2 N–H and O–H groups in total. The molecule has 2 aromatic carbocycles. The summed E-state index contributed by atoms with van der Waals surface area (Å²) in [6.07, 6.45) is -7.73. The molecule has 9 nitrogen and oxygen atoms in total. The number of amides is 1. The van der Waals surface area contributed by atoms with Crippen molar-refractivity contribution in [3.05, 3.63) is 52.9 Å². The van der Waals surface area contributed by atoms with Gasteiger partial charge in [0.1, 0.15) is 5.60 Å². The third-order valence-electron chi connectivity index (χ3n) is 3.78. The van der Waals surface area contributed by atoms with E-state index in [9.17, 15) is 18.0 Å². The van der Waals surface area contributed by atoms with Crippen LogP contribution in [-0.4, -0.2) is 63.1 Å². The summed E-state index contributed by atoms with van der Waals surface area (Å²) < 4.78 is 243. The highest BCUT2D eigenvalue weighted by molar-refractivity contribution is 7.92. The summed E-state index contributed by atoms with van der Waals surface area (Å²) in [5.41, 5.74) is -11.4. The molecule has 4 atom stereocenters. The molecular formula is C24H31N3O6S. The second-order valence-electron chi connectivity index (χ2n) is 6.31. The quantitative estimate of drug-likeness (QED) is 0.625. The van der Waals surface area contributed by atoms with E-state index in [2.05, 4.69) is 5.11 Å². The van der Waals surface area contributed by atoms with Crippen LogP contribution in [0.4, 0.5) is 16.2 Å². The van der Waals surface area contributed by atoms with Crippen LogP contribution in [-0.2, 0) is 27.6 Å². The Labute approximate surface area is 237 Å². The topological polar surface area (TPSA) is 116 Å². The van der Waals surface area contributed by atoms with E-state index < -0.39 is 167 Å². The highest BCUT2D eigenvalue weighted by Gasteiger charge is 2.26. The van der Waals surface area contributed by atoms with E-state index in [-0.39, 0.29) is 4.90 Å². The summed E-state index contributed by atoms with van der Waals surface area (Å²) in [6.45, 7) is -24.7. The van der Waals surface area contributed by atoms with Gasteiger partial charge in [-0.1, -0.05) is 0 Å². The Hall–Kier alpha value is -3.27. The van der Waals surface area contributed by atoms with Crippen molar-refractivity contribution >= 4 is 33.5 Å². The maximum Gasteiger partial charge on any atom is 0.410 e. The zero-order chi connectivity index (χ0) is 47.1. The van der Waals surface area contributed by atoms with Crippen molar-refractivity contribution < 1.29 is 62.2 Å². The SMILES string of the molecule is [2H]OC(=O)c1c([2H])c([2H])c(S(=O)(=O)N([2H])c2c([2H])c3c(c([2H])c2N(C([2H])([2H])[2H])C([2H])([2H])[2H])C([2H])C([2H])N(C(=O)OC(C([2H])[2H])(C([2H])([2H])[2H])C([2H])([2H])[2H])C([2H])C3[2H])c([2H])c1[2H]. The van der Waals surface area contributed by atoms with Gasteiger partial charge in [-0.3, -0.25) is 4.72 Å². The number of carbonyl (C=O) groups excluding carboxylic acids is 1. The fourth-order valence-electron chi connectivity index (χ4n) is 2.37. The van der Waals surface area contributed by atoms with E-state index in [4.69, 9.17) is 40.5 Å². The average Bonchev–Trinajstić information content (AvgIpc) is 3.14. The van der Waals surface area contributed by atoms with Crippen LogP contribution in [0.25, 0.3) is 1.43 Å². The van der Waals surface area contributed by atoms with Gasteiger partial charge in [0.2, 0.25) is 0 Å². The lowest BCUT2D eigenvalue weighted by Gasteiger charge is -2.26. The van der Waals surface area contributed by atoms with Crippen molar-refractivity contribution in [2.45, 2.75) is 43.9 Å². The number of hydrogen-bond acceptors (Lipinski definition) is 7. The predicted molar refractivity (Wildman–Crippen MR) is 130 cm³/mol. The molecule has 0 fully saturated rings. The van der Waals surface area contributed by atoms with Crippen LogP contribution in [0.3, 0.4) is 0 Å². The molecule has 1 amide bonds. The Bertz CT molecular complexity index is 2100. The van der Waals surface area contributed by atoms with Gasteiger partial charge in [-0.2, -0.15) is 0 Å². The van der Waals surface area contributed by atoms with Crippen LogP contribution in [0.1, 0.15) is 75.0 Å². The van der Waals surface area contributed by atoms with E-state index in [1.807, 2.05) is 0 Å². The van der Waals surface area contributed by atoms with Gasteiger partial charge in [0.15, 0.2) is 1.41 Å². The summed E-state index contributed by atoms with van der Waals surface area (Å²) in [4.78, 5) is 23.0. The molecule has 4 unspecified atom stereocenters. The lowest BCUT2D eigenvalue weighted by molar-refractivity contribution is 0.0258. The maximum atomic E-state index is 14.1. The number of rotatable bonds is 5. The Kier molecular flexibility index (Phi) is 2.21. The van der Waals surface area contributed by atoms with Crippen LogP contribution >= 0.6 is 0 Å². The van der Waals surface area contributed by atoms with E-state index in [0.29, 0.717) is 0 Å². The van der Waals surface area contributed by atoms with Crippen molar-refractivity contribution in [1.29, 1.82) is 1.43 Å². The molecular weight excluding hydrogens is 458 g/mol. The molecule has 1 aliphatic rings. The Morgan fingerprint density at radius 3 is 2.50 bits per heavy atom. The second kappa shape index (κ2) is 9.54. The van der Waals surface area contributed by atoms with Gasteiger partial charge in [0, 0.05) is 51.7 Å². The van der Waals surface area contributed by atoms with Crippen LogP contribution in [0.5, 0.6) is 0 Å². The van der Waals surface area contributed by atoms with Gasteiger partial charge >= 0.3 is 12.1 Å². The van der Waals surface area contributed by atoms with E-state index >= 15 is 0 Å². The molecule has 1 aliphatic heterocycles. The molecule has 10 heteroatoms. The molecule has 0 saturated heterocycles. The Morgan fingerprint density at radius 1 is 1.24 bits per heavy atom. The van der Waals surface area contributed by atoms with E-state index in [1.54, 1.807) is 0 Å². The fraction of sp³-hybridized carbons (Fsp3) is 0.417. The normalized spacial score (nSPS) is 35.3.